The first-order valence-corrected chi connectivity index (χ1v) is 11.2. The molecule has 32 heavy (non-hydrogen) atoms. The molecule has 0 saturated carbocycles. The lowest BCUT2D eigenvalue weighted by Gasteiger charge is -2.23. The first-order valence-electron chi connectivity index (χ1n) is 9.63. The van der Waals surface area contributed by atoms with Crippen LogP contribution in [0.1, 0.15) is 23.6 Å². The molecule has 1 atom stereocenters. The number of carbonyl (C=O) groups is 1. The van der Waals surface area contributed by atoms with Crippen LogP contribution in [-0.2, 0) is 14.6 Å². The fourth-order valence-corrected chi connectivity index (χ4v) is 5.36. The Morgan fingerprint density at radius 2 is 1.91 bits per heavy atom. The molecule has 164 valence electrons. The van der Waals surface area contributed by atoms with E-state index in [2.05, 4.69) is 0 Å². The summed E-state index contributed by atoms with van der Waals surface area (Å²) in [4.78, 5) is 24.6. The lowest BCUT2D eigenvalue weighted by atomic mass is 10.1. The van der Waals surface area contributed by atoms with E-state index in [9.17, 15) is 23.3 Å². The largest absolute Gasteiger partial charge is 0.494 e. The first kappa shape index (κ1) is 21.3. The molecule has 0 spiro atoms. The Morgan fingerprint density at radius 3 is 2.53 bits per heavy atom. The lowest BCUT2D eigenvalue weighted by Crippen LogP contribution is -2.29. The molecule has 0 N–H and O–H groups in total. The maximum atomic E-state index is 13.5. The summed E-state index contributed by atoms with van der Waals surface area (Å²) in [6.45, 7) is 2.28. The molecule has 1 saturated heterocycles. The number of benzene rings is 2. The second-order valence-corrected chi connectivity index (χ2v) is 8.85. The molecule has 1 aliphatic rings. The number of nitro benzene ring substituents is 1. The summed E-state index contributed by atoms with van der Waals surface area (Å²) in [5, 5.41) is 9.78. The third kappa shape index (κ3) is 3.76. The van der Waals surface area contributed by atoms with E-state index in [-0.39, 0.29) is 17.0 Å². The highest BCUT2D eigenvalue weighted by Crippen LogP contribution is 2.44. The average Bonchev–Trinajstić information content (AvgIpc) is 3.35. The standard InChI is InChI=1S/C22H18N2O7S/c1-2-30-18-10-8-16(9-11-18)23-21(25)20(14-19-7-4-12-31-19)32(28,29)22(23)15-5-3-6-17(13-15)24(26)27/h3-14,22H,2H2,1H3/b20-14+/t22-/m1/s1. The molecule has 0 unspecified atom stereocenters. The minimum Gasteiger partial charge on any atom is -0.494 e. The van der Waals surface area contributed by atoms with Gasteiger partial charge in [0.15, 0.2) is 5.37 Å². The summed E-state index contributed by atoms with van der Waals surface area (Å²) in [6.07, 6.45) is 2.53. The van der Waals surface area contributed by atoms with Crippen LogP contribution in [0.15, 0.2) is 76.2 Å². The van der Waals surface area contributed by atoms with Crippen molar-refractivity contribution in [2.24, 2.45) is 0 Å². The second kappa shape index (κ2) is 8.31. The number of nitrogens with zero attached hydrogens (tertiary/aromatic N) is 2. The second-order valence-electron chi connectivity index (χ2n) is 6.88. The highest BCUT2D eigenvalue weighted by Gasteiger charge is 2.50. The van der Waals surface area contributed by atoms with Crippen molar-refractivity contribution in [1.29, 1.82) is 0 Å². The monoisotopic (exact) mass is 454 g/mol. The average molecular weight is 454 g/mol. The first-order chi connectivity index (χ1) is 15.3. The van der Waals surface area contributed by atoms with E-state index >= 15 is 0 Å². The number of nitro groups is 1. The van der Waals surface area contributed by atoms with Gasteiger partial charge in [-0.2, -0.15) is 0 Å². The third-order valence-corrected chi connectivity index (χ3v) is 6.85. The molecule has 4 rings (SSSR count). The zero-order chi connectivity index (χ0) is 22.9. The van der Waals surface area contributed by atoms with Gasteiger partial charge in [0.05, 0.1) is 17.8 Å². The smallest absolute Gasteiger partial charge is 0.271 e. The molecule has 9 nitrogen and oxygen atoms in total. The summed E-state index contributed by atoms with van der Waals surface area (Å²) in [5.74, 6) is -0.00525. The van der Waals surface area contributed by atoms with Gasteiger partial charge in [0.1, 0.15) is 16.4 Å². The number of hydrogen-bond acceptors (Lipinski definition) is 7. The van der Waals surface area contributed by atoms with Crippen molar-refractivity contribution in [2.45, 2.75) is 12.3 Å². The number of ether oxygens (including phenoxy) is 1. The van der Waals surface area contributed by atoms with E-state index in [4.69, 9.17) is 9.15 Å². The van der Waals surface area contributed by atoms with Gasteiger partial charge in [-0.3, -0.25) is 19.8 Å². The van der Waals surface area contributed by atoms with Crippen molar-refractivity contribution in [3.63, 3.8) is 0 Å². The zero-order valence-corrected chi connectivity index (χ0v) is 17.7. The van der Waals surface area contributed by atoms with E-state index < -0.39 is 30.9 Å². The third-order valence-electron chi connectivity index (χ3n) is 4.87. The van der Waals surface area contributed by atoms with Gasteiger partial charge in [-0.05, 0) is 48.9 Å². The number of amides is 1. The molecule has 10 heteroatoms. The summed E-state index contributed by atoms with van der Waals surface area (Å²) < 4.78 is 37.6. The maximum absolute atomic E-state index is 13.5. The van der Waals surface area contributed by atoms with Crippen LogP contribution in [0.25, 0.3) is 6.08 Å². The van der Waals surface area contributed by atoms with Gasteiger partial charge in [-0.25, -0.2) is 8.42 Å². The topological polar surface area (TPSA) is 120 Å². The van der Waals surface area contributed by atoms with E-state index in [0.29, 0.717) is 18.0 Å². The number of rotatable bonds is 6. The van der Waals surface area contributed by atoms with Crippen LogP contribution in [0.5, 0.6) is 5.75 Å². The fourth-order valence-electron chi connectivity index (χ4n) is 3.49. The highest BCUT2D eigenvalue weighted by molar-refractivity contribution is 7.97. The fraction of sp³-hybridized carbons (Fsp3) is 0.136. The van der Waals surface area contributed by atoms with Crippen LogP contribution in [-0.4, -0.2) is 25.9 Å². The Morgan fingerprint density at radius 1 is 1.16 bits per heavy atom. The summed E-state index contributed by atoms with van der Waals surface area (Å²) in [7, 11) is -4.24. The van der Waals surface area contributed by atoms with Gasteiger partial charge < -0.3 is 9.15 Å². The molecule has 2 aromatic carbocycles. The van der Waals surface area contributed by atoms with E-state index in [0.717, 1.165) is 17.0 Å². The van der Waals surface area contributed by atoms with Crippen LogP contribution in [0, 0.1) is 10.1 Å². The highest BCUT2D eigenvalue weighted by atomic mass is 32.2. The molecule has 2 heterocycles. The van der Waals surface area contributed by atoms with Crippen molar-refractivity contribution in [1.82, 2.24) is 0 Å². The van der Waals surface area contributed by atoms with Gasteiger partial charge in [0.2, 0.25) is 9.84 Å². The Labute approximate surface area is 183 Å². The van der Waals surface area contributed by atoms with E-state index in [1.165, 1.54) is 30.5 Å². The summed E-state index contributed by atoms with van der Waals surface area (Å²) in [5.41, 5.74) is 0.130. The number of sulfone groups is 1. The predicted octanol–water partition coefficient (Wildman–Crippen LogP) is 4.09. The molecule has 3 aromatic rings. The number of furan rings is 1. The van der Waals surface area contributed by atoms with Gasteiger partial charge in [-0.15, -0.1) is 0 Å². The Hall–Kier alpha value is -3.92. The summed E-state index contributed by atoms with van der Waals surface area (Å²) in [6, 6.07) is 14.7. The Kier molecular flexibility index (Phi) is 5.54. The van der Waals surface area contributed by atoms with Gasteiger partial charge in [0, 0.05) is 23.9 Å². The van der Waals surface area contributed by atoms with Crippen LogP contribution < -0.4 is 9.64 Å². The van der Waals surface area contributed by atoms with Crippen LogP contribution in [0.4, 0.5) is 11.4 Å². The number of non-ortho nitro benzene ring substituents is 1. The van der Waals surface area contributed by atoms with Gasteiger partial charge in [-0.1, -0.05) is 12.1 Å². The normalized spacial score (nSPS) is 18.8. The SMILES string of the molecule is CCOc1ccc(N2C(=O)/C(=C\c3ccco3)S(=O)(=O)[C@@H]2c2cccc([N+](=O)[O-])c2)cc1. The molecule has 1 aromatic heterocycles. The lowest BCUT2D eigenvalue weighted by molar-refractivity contribution is -0.384. The number of anilines is 1. The van der Waals surface area contributed by atoms with Gasteiger partial charge >= 0.3 is 0 Å². The van der Waals surface area contributed by atoms with Crippen LogP contribution >= 0.6 is 0 Å². The molecule has 1 fully saturated rings. The minimum absolute atomic E-state index is 0.101. The van der Waals surface area contributed by atoms with Crippen LogP contribution in [0.3, 0.4) is 0 Å². The van der Waals surface area contributed by atoms with Crippen molar-refractivity contribution >= 4 is 33.2 Å². The Bertz CT molecular complexity index is 1300. The van der Waals surface area contributed by atoms with E-state index in [1.807, 2.05) is 6.92 Å². The molecule has 0 bridgehead atoms. The molecular weight excluding hydrogens is 436 g/mol. The molecule has 1 amide bonds. The predicted molar refractivity (Wildman–Crippen MR) is 117 cm³/mol. The van der Waals surface area contributed by atoms with Crippen molar-refractivity contribution in [3.8, 4) is 5.75 Å². The quantitative estimate of drug-likeness (QED) is 0.312. The Balaban J connectivity index is 1.89. The summed E-state index contributed by atoms with van der Waals surface area (Å²) >= 11 is 0. The molecular formula is C22H18N2O7S. The zero-order valence-electron chi connectivity index (χ0n) is 16.9. The number of carbonyl (C=O) groups excluding carboxylic acids is 1. The van der Waals surface area contributed by atoms with Crippen molar-refractivity contribution in [3.05, 3.63) is 93.3 Å². The number of hydrogen-bond donors (Lipinski definition) is 0. The maximum Gasteiger partial charge on any atom is 0.271 e. The van der Waals surface area contributed by atoms with Crippen molar-refractivity contribution in [2.75, 3.05) is 11.5 Å². The molecule has 0 radical (unpaired) electrons. The molecule has 0 aliphatic carbocycles. The van der Waals surface area contributed by atoms with Gasteiger partial charge in [0.25, 0.3) is 11.6 Å². The minimum atomic E-state index is -4.24. The van der Waals surface area contributed by atoms with E-state index in [1.54, 1.807) is 30.3 Å². The van der Waals surface area contributed by atoms with Crippen LogP contribution in [0.2, 0.25) is 0 Å². The van der Waals surface area contributed by atoms with Crippen molar-refractivity contribution < 1.29 is 27.3 Å². The molecule has 1 aliphatic heterocycles.